The number of aromatic nitrogens is 5. The van der Waals surface area contributed by atoms with Gasteiger partial charge in [0.05, 0.1) is 35.0 Å². The van der Waals surface area contributed by atoms with Crippen molar-refractivity contribution in [3.8, 4) is 29.4 Å². The Morgan fingerprint density at radius 2 is 2.08 bits per heavy atom. The Kier molecular flexibility index (Phi) is 6.75. The first-order valence-corrected chi connectivity index (χ1v) is 12.0. The van der Waals surface area contributed by atoms with Gasteiger partial charge < -0.3 is 11.1 Å². The van der Waals surface area contributed by atoms with Crippen molar-refractivity contribution in [2.45, 2.75) is 25.7 Å². The lowest BCUT2D eigenvalue weighted by Crippen LogP contribution is -2.34. The number of nitrogen functional groups attached to an aromatic ring is 1. The molecule has 1 amide bonds. The number of nitriles is 1. The van der Waals surface area contributed by atoms with E-state index in [-0.39, 0.29) is 11.8 Å². The second-order valence-corrected chi connectivity index (χ2v) is 8.77. The van der Waals surface area contributed by atoms with E-state index in [0.29, 0.717) is 34.4 Å². The van der Waals surface area contributed by atoms with Crippen molar-refractivity contribution in [1.82, 2.24) is 29.2 Å². The number of nitrogens with two attached hydrogens (primary N) is 1. The van der Waals surface area contributed by atoms with Crippen LogP contribution in [-0.4, -0.2) is 54.8 Å². The number of imidazole rings is 1. The molecule has 1 aliphatic rings. The Bertz CT molecular complexity index is 1560. The number of nitrogens with zero attached hydrogens (tertiary/aromatic N) is 7. The van der Waals surface area contributed by atoms with E-state index < -0.39 is 0 Å². The fourth-order valence-electron chi connectivity index (χ4n) is 4.59. The van der Waals surface area contributed by atoms with Crippen LogP contribution < -0.4 is 11.1 Å². The van der Waals surface area contributed by atoms with E-state index in [0.717, 1.165) is 43.7 Å². The van der Waals surface area contributed by atoms with Crippen LogP contribution in [0.2, 0.25) is 0 Å². The van der Waals surface area contributed by atoms with E-state index in [4.69, 9.17) is 16.0 Å². The third-order valence-corrected chi connectivity index (χ3v) is 6.37. The summed E-state index contributed by atoms with van der Waals surface area (Å²) in [5.74, 6) is 7.19. The first kappa shape index (κ1) is 23.9. The number of likely N-dealkylation sites (tertiary alicyclic amines) is 1. The molecule has 184 valence electrons. The van der Waals surface area contributed by atoms with Gasteiger partial charge >= 0.3 is 0 Å². The molecule has 5 rings (SSSR count). The summed E-state index contributed by atoms with van der Waals surface area (Å²) in [7, 11) is 0. The molecule has 4 aromatic rings. The maximum absolute atomic E-state index is 12.7. The molecule has 1 fully saturated rings. The number of hydrogen-bond acceptors (Lipinski definition) is 8. The lowest BCUT2D eigenvalue weighted by atomic mass is 9.94. The largest absolute Gasteiger partial charge is 0.369 e. The van der Waals surface area contributed by atoms with Crippen LogP contribution in [0, 0.1) is 23.2 Å². The van der Waals surface area contributed by atoms with Crippen LogP contribution in [0.15, 0.2) is 48.9 Å². The van der Waals surface area contributed by atoms with Gasteiger partial charge in [0.2, 0.25) is 5.95 Å². The topological polar surface area (TPSA) is 138 Å². The summed E-state index contributed by atoms with van der Waals surface area (Å²) < 4.78 is 1.82. The molecule has 5 heterocycles. The van der Waals surface area contributed by atoms with E-state index in [1.54, 1.807) is 24.4 Å². The first-order valence-electron chi connectivity index (χ1n) is 12.0. The molecule has 10 heteroatoms. The molecule has 1 saturated heterocycles. The number of piperidine rings is 1. The smallest absolute Gasteiger partial charge is 0.258 e. The standard InChI is InChI=1S/C27H25N9O/c1-2-3-12-35-13-4-5-20(17-35)24-22-9-11-31-27(29)36(22)25(34-24)21-7-6-19(16-32-21)26(37)33-23-14-18(15-28)8-10-30-23/h6-11,14,16,20H,4-5,12-13,17H2,1H3,(H2,29,31)(H,30,33,37). The third-order valence-electron chi connectivity index (χ3n) is 6.37. The van der Waals surface area contributed by atoms with Crippen molar-refractivity contribution in [1.29, 1.82) is 5.26 Å². The quantitative estimate of drug-likeness (QED) is 0.406. The minimum absolute atomic E-state index is 0.236. The van der Waals surface area contributed by atoms with Gasteiger partial charge in [-0.2, -0.15) is 5.26 Å². The summed E-state index contributed by atoms with van der Waals surface area (Å²) in [6, 6.07) is 10.4. The summed E-state index contributed by atoms with van der Waals surface area (Å²) in [6.07, 6.45) is 6.74. The minimum atomic E-state index is -0.381. The summed E-state index contributed by atoms with van der Waals surface area (Å²) in [5, 5.41) is 11.7. The maximum atomic E-state index is 12.7. The number of nitrogens with one attached hydrogen (secondary N) is 1. The first-order chi connectivity index (χ1) is 18.1. The number of anilines is 2. The predicted octanol–water partition coefficient (Wildman–Crippen LogP) is 3.10. The van der Waals surface area contributed by atoms with Gasteiger partial charge in [-0.25, -0.2) is 15.0 Å². The van der Waals surface area contributed by atoms with Gasteiger partial charge in [0.1, 0.15) is 11.5 Å². The molecule has 0 saturated carbocycles. The summed E-state index contributed by atoms with van der Waals surface area (Å²) in [5.41, 5.74) is 9.48. The Balaban J connectivity index is 1.44. The third kappa shape index (κ3) is 4.96. The summed E-state index contributed by atoms with van der Waals surface area (Å²) in [4.78, 5) is 32.9. The average molecular weight is 492 g/mol. The molecule has 4 aromatic heterocycles. The zero-order valence-corrected chi connectivity index (χ0v) is 20.3. The molecule has 10 nitrogen and oxygen atoms in total. The second kappa shape index (κ2) is 10.4. The Morgan fingerprint density at radius 1 is 1.22 bits per heavy atom. The van der Waals surface area contributed by atoms with Gasteiger partial charge in [0.25, 0.3) is 5.91 Å². The molecule has 0 aromatic carbocycles. The number of carbonyl (C=O) groups is 1. The molecular weight excluding hydrogens is 466 g/mol. The molecule has 3 N–H and O–H groups in total. The van der Waals surface area contributed by atoms with E-state index in [9.17, 15) is 4.79 Å². The van der Waals surface area contributed by atoms with Crippen molar-refractivity contribution in [2.75, 3.05) is 30.7 Å². The van der Waals surface area contributed by atoms with E-state index in [1.165, 1.54) is 18.5 Å². The zero-order valence-electron chi connectivity index (χ0n) is 20.3. The molecule has 0 spiro atoms. The van der Waals surface area contributed by atoms with Crippen molar-refractivity contribution < 1.29 is 4.79 Å². The average Bonchev–Trinajstić information content (AvgIpc) is 3.33. The second-order valence-electron chi connectivity index (χ2n) is 8.77. The lowest BCUT2D eigenvalue weighted by molar-refractivity contribution is 0.102. The zero-order chi connectivity index (χ0) is 25.8. The fraction of sp³-hybridized carbons (Fsp3) is 0.259. The SMILES string of the molecule is CC#CCN1CCCC(c2nc(-c3ccc(C(=O)Nc4cc(C#N)ccn4)cn3)n3c(N)nccc23)C1. The summed E-state index contributed by atoms with van der Waals surface area (Å²) in [6.45, 7) is 4.50. The van der Waals surface area contributed by atoms with Gasteiger partial charge in [0.15, 0.2) is 5.82 Å². The number of carbonyl (C=O) groups excluding carboxylic acids is 1. The van der Waals surface area contributed by atoms with Crippen LogP contribution >= 0.6 is 0 Å². The van der Waals surface area contributed by atoms with E-state index in [2.05, 4.69) is 37.0 Å². The number of fused-ring (bicyclic) bond motifs is 1. The van der Waals surface area contributed by atoms with Gasteiger partial charge in [-0.1, -0.05) is 5.92 Å². The molecule has 0 bridgehead atoms. The number of pyridine rings is 2. The maximum Gasteiger partial charge on any atom is 0.258 e. The molecule has 1 atom stereocenters. The lowest BCUT2D eigenvalue weighted by Gasteiger charge is -2.30. The highest BCUT2D eigenvalue weighted by Gasteiger charge is 2.27. The van der Waals surface area contributed by atoms with Crippen LogP contribution in [0.3, 0.4) is 0 Å². The monoisotopic (exact) mass is 491 g/mol. The highest BCUT2D eigenvalue weighted by atomic mass is 16.1. The molecule has 1 unspecified atom stereocenters. The molecule has 0 radical (unpaired) electrons. The molecular formula is C27H25N9O. The Morgan fingerprint density at radius 3 is 2.86 bits per heavy atom. The summed E-state index contributed by atoms with van der Waals surface area (Å²) >= 11 is 0. The van der Waals surface area contributed by atoms with Crippen molar-refractivity contribution in [3.63, 3.8) is 0 Å². The highest BCUT2D eigenvalue weighted by molar-refractivity contribution is 6.03. The fourth-order valence-corrected chi connectivity index (χ4v) is 4.59. The normalized spacial score (nSPS) is 15.5. The van der Waals surface area contributed by atoms with Crippen LogP contribution in [0.1, 0.15) is 47.3 Å². The van der Waals surface area contributed by atoms with Crippen LogP contribution in [0.5, 0.6) is 0 Å². The Hall–Kier alpha value is -4.80. The minimum Gasteiger partial charge on any atom is -0.369 e. The van der Waals surface area contributed by atoms with Crippen LogP contribution in [0.25, 0.3) is 17.0 Å². The van der Waals surface area contributed by atoms with Crippen molar-refractivity contribution in [2.24, 2.45) is 0 Å². The van der Waals surface area contributed by atoms with Crippen LogP contribution in [-0.2, 0) is 0 Å². The number of rotatable bonds is 5. The van der Waals surface area contributed by atoms with Gasteiger partial charge in [0, 0.05) is 31.1 Å². The van der Waals surface area contributed by atoms with Gasteiger partial charge in [-0.3, -0.25) is 19.1 Å². The van der Waals surface area contributed by atoms with Crippen molar-refractivity contribution >= 4 is 23.2 Å². The van der Waals surface area contributed by atoms with Gasteiger partial charge in [-0.15, -0.1) is 5.92 Å². The van der Waals surface area contributed by atoms with Gasteiger partial charge in [-0.05, 0) is 56.6 Å². The van der Waals surface area contributed by atoms with Crippen molar-refractivity contribution in [3.05, 3.63) is 65.7 Å². The van der Waals surface area contributed by atoms with E-state index >= 15 is 0 Å². The number of hydrogen-bond donors (Lipinski definition) is 2. The van der Waals surface area contributed by atoms with Crippen LogP contribution in [0.4, 0.5) is 11.8 Å². The Labute approximate surface area is 214 Å². The molecule has 0 aliphatic carbocycles. The predicted molar refractivity (Wildman–Crippen MR) is 139 cm³/mol. The number of amides is 1. The molecule has 37 heavy (non-hydrogen) atoms. The van der Waals surface area contributed by atoms with E-state index in [1.807, 2.05) is 23.5 Å². The highest BCUT2D eigenvalue weighted by Crippen LogP contribution is 2.33. The molecule has 1 aliphatic heterocycles.